The molecule has 0 saturated heterocycles. The molecule has 3 N–H and O–H groups in total. The van der Waals surface area contributed by atoms with Gasteiger partial charge < -0.3 is 20.1 Å². The summed E-state index contributed by atoms with van der Waals surface area (Å²) in [4.78, 5) is 10.5. The predicted octanol–water partition coefficient (Wildman–Crippen LogP) is -1.29. The maximum atomic E-state index is 10.5. The third-order valence-electron chi connectivity index (χ3n) is 1.34. The zero-order valence-corrected chi connectivity index (χ0v) is 5.60. The van der Waals surface area contributed by atoms with Crippen LogP contribution in [0.15, 0.2) is 11.8 Å². The molecule has 0 unspecified atom stereocenters. The molecule has 0 bridgehead atoms. The van der Waals surface area contributed by atoms with Crippen molar-refractivity contribution in [3.8, 4) is 0 Å². The average Bonchev–Trinajstić information content (AvgIpc) is 2.31. The Bertz CT molecular complexity index is 197. The van der Waals surface area contributed by atoms with Gasteiger partial charge in [-0.15, -0.1) is 0 Å². The minimum atomic E-state index is -1.16. The van der Waals surface area contributed by atoms with Gasteiger partial charge in [0, 0.05) is 6.08 Å². The number of aliphatic hydroxyl groups excluding tert-OH is 3. The van der Waals surface area contributed by atoms with Gasteiger partial charge in [-0.05, 0) is 0 Å². The fraction of sp³-hybridized carbons (Fsp3) is 0.500. The van der Waals surface area contributed by atoms with Crippen LogP contribution in [-0.2, 0) is 9.53 Å². The van der Waals surface area contributed by atoms with E-state index in [2.05, 4.69) is 4.74 Å². The normalized spacial score (nSPS) is 26.2. The molecular weight excluding hydrogens is 152 g/mol. The highest BCUT2D eigenvalue weighted by atomic mass is 16.6. The summed E-state index contributed by atoms with van der Waals surface area (Å²) in [5.74, 6) is -1.40. The van der Waals surface area contributed by atoms with Crippen molar-refractivity contribution in [2.24, 2.45) is 0 Å². The zero-order chi connectivity index (χ0) is 8.43. The van der Waals surface area contributed by atoms with Crippen LogP contribution in [0.4, 0.5) is 0 Å². The highest BCUT2D eigenvalue weighted by Crippen LogP contribution is 2.13. The standard InChI is InChI=1S/C6H8O5/c7-2-4(9)5-1-3(8)6(10)11-5/h1,4-5,7-9H,2H2/t4-,5+/m0/s1. The van der Waals surface area contributed by atoms with Crippen LogP contribution in [0, 0.1) is 0 Å². The molecule has 1 heterocycles. The molecule has 0 aromatic carbocycles. The van der Waals surface area contributed by atoms with E-state index < -0.39 is 30.5 Å². The molecular formula is C6H8O5. The first-order valence-corrected chi connectivity index (χ1v) is 3.06. The summed E-state index contributed by atoms with van der Waals surface area (Å²) in [6.45, 7) is -0.512. The van der Waals surface area contributed by atoms with E-state index in [0.717, 1.165) is 6.08 Å². The molecule has 0 spiro atoms. The maximum absolute atomic E-state index is 10.5. The molecule has 5 heteroatoms. The van der Waals surface area contributed by atoms with Crippen molar-refractivity contribution in [2.45, 2.75) is 12.2 Å². The van der Waals surface area contributed by atoms with E-state index in [1.807, 2.05) is 0 Å². The first kappa shape index (κ1) is 8.03. The number of hydrogen-bond acceptors (Lipinski definition) is 5. The number of esters is 1. The molecule has 0 aromatic heterocycles. The van der Waals surface area contributed by atoms with Crippen LogP contribution in [0.5, 0.6) is 0 Å². The van der Waals surface area contributed by atoms with E-state index in [-0.39, 0.29) is 0 Å². The van der Waals surface area contributed by atoms with Gasteiger partial charge in [0.15, 0.2) is 6.10 Å². The summed E-state index contributed by atoms with van der Waals surface area (Å²) in [6, 6.07) is 0. The Morgan fingerprint density at radius 1 is 1.73 bits per heavy atom. The smallest absolute Gasteiger partial charge is 0.373 e. The Morgan fingerprint density at radius 3 is 2.73 bits per heavy atom. The molecule has 1 rings (SSSR count). The molecule has 0 amide bonds. The van der Waals surface area contributed by atoms with Gasteiger partial charge in [0.1, 0.15) is 6.10 Å². The van der Waals surface area contributed by atoms with Crippen LogP contribution < -0.4 is 0 Å². The maximum Gasteiger partial charge on any atom is 0.373 e. The van der Waals surface area contributed by atoms with E-state index in [4.69, 9.17) is 15.3 Å². The third-order valence-corrected chi connectivity index (χ3v) is 1.34. The monoisotopic (exact) mass is 160 g/mol. The van der Waals surface area contributed by atoms with Crippen LogP contribution in [-0.4, -0.2) is 40.1 Å². The summed E-state index contributed by atoms with van der Waals surface area (Å²) >= 11 is 0. The molecule has 11 heavy (non-hydrogen) atoms. The SMILES string of the molecule is O=C1O[C@@H]([C@@H](O)CO)C=C1O. The summed E-state index contributed by atoms with van der Waals surface area (Å²) < 4.78 is 4.43. The van der Waals surface area contributed by atoms with Crippen molar-refractivity contribution in [3.05, 3.63) is 11.8 Å². The molecule has 0 fully saturated rings. The highest BCUT2D eigenvalue weighted by Gasteiger charge is 2.29. The molecule has 0 aromatic rings. The van der Waals surface area contributed by atoms with Gasteiger partial charge in [0.05, 0.1) is 6.61 Å². The highest BCUT2D eigenvalue weighted by molar-refractivity contribution is 5.88. The number of rotatable bonds is 2. The van der Waals surface area contributed by atoms with Crippen LogP contribution in [0.25, 0.3) is 0 Å². The second kappa shape index (κ2) is 2.89. The Morgan fingerprint density at radius 2 is 2.36 bits per heavy atom. The quantitative estimate of drug-likeness (QED) is 0.437. The molecule has 62 valence electrons. The average molecular weight is 160 g/mol. The Hall–Kier alpha value is -1.07. The number of ether oxygens (including phenoxy) is 1. The number of carbonyl (C=O) groups excluding carboxylic acids is 1. The largest absolute Gasteiger partial charge is 0.502 e. The van der Waals surface area contributed by atoms with Crippen molar-refractivity contribution in [3.63, 3.8) is 0 Å². The van der Waals surface area contributed by atoms with Crippen molar-refractivity contribution >= 4 is 5.97 Å². The molecule has 5 nitrogen and oxygen atoms in total. The van der Waals surface area contributed by atoms with Gasteiger partial charge in [0.25, 0.3) is 0 Å². The lowest BCUT2D eigenvalue weighted by Gasteiger charge is -2.11. The lowest BCUT2D eigenvalue weighted by atomic mass is 10.2. The van der Waals surface area contributed by atoms with Gasteiger partial charge >= 0.3 is 5.97 Å². The van der Waals surface area contributed by atoms with Crippen molar-refractivity contribution in [1.29, 1.82) is 0 Å². The Balaban J connectivity index is 2.60. The van der Waals surface area contributed by atoms with Crippen molar-refractivity contribution in [2.75, 3.05) is 6.61 Å². The Kier molecular flexibility index (Phi) is 2.11. The first-order chi connectivity index (χ1) is 5.15. The zero-order valence-electron chi connectivity index (χ0n) is 5.60. The molecule has 0 radical (unpaired) electrons. The van der Waals surface area contributed by atoms with Crippen LogP contribution in [0.1, 0.15) is 0 Å². The van der Waals surface area contributed by atoms with E-state index in [1.165, 1.54) is 0 Å². The first-order valence-electron chi connectivity index (χ1n) is 3.06. The molecule has 2 atom stereocenters. The summed E-state index contributed by atoms with van der Waals surface area (Å²) in [5.41, 5.74) is 0. The van der Waals surface area contributed by atoms with Gasteiger partial charge in [0.2, 0.25) is 5.76 Å². The van der Waals surface area contributed by atoms with E-state index in [9.17, 15) is 4.79 Å². The fourth-order valence-electron chi connectivity index (χ4n) is 0.735. The van der Waals surface area contributed by atoms with Gasteiger partial charge in [-0.2, -0.15) is 0 Å². The van der Waals surface area contributed by atoms with Gasteiger partial charge in [-0.25, -0.2) is 4.79 Å². The van der Waals surface area contributed by atoms with E-state index >= 15 is 0 Å². The van der Waals surface area contributed by atoms with Crippen molar-refractivity contribution < 1.29 is 24.9 Å². The lowest BCUT2D eigenvalue weighted by Crippen LogP contribution is -2.28. The lowest BCUT2D eigenvalue weighted by molar-refractivity contribution is -0.146. The van der Waals surface area contributed by atoms with E-state index in [0.29, 0.717) is 0 Å². The minimum Gasteiger partial charge on any atom is -0.502 e. The number of carbonyl (C=O) groups is 1. The Labute approximate surface area is 62.5 Å². The van der Waals surface area contributed by atoms with Gasteiger partial charge in [-0.3, -0.25) is 0 Å². The van der Waals surface area contributed by atoms with E-state index in [1.54, 1.807) is 0 Å². The second-order valence-corrected chi connectivity index (χ2v) is 2.17. The van der Waals surface area contributed by atoms with Crippen LogP contribution >= 0.6 is 0 Å². The minimum absolute atomic E-state index is 0.512. The topological polar surface area (TPSA) is 87.0 Å². The number of aliphatic hydroxyl groups is 3. The van der Waals surface area contributed by atoms with Gasteiger partial charge in [-0.1, -0.05) is 0 Å². The number of cyclic esters (lactones) is 1. The van der Waals surface area contributed by atoms with Crippen molar-refractivity contribution in [1.82, 2.24) is 0 Å². The number of hydrogen-bond donors (Lipinski definition) is 3. The molecule has 0 saturated carbocycles. The summed E-state index contributed by atoms with van der Waals surface area (Å²) in [7, 11) is 0. The van der Waals surface area contributed by atoms with Crippen LogP contribution in [0.2, 0.25) is 0 Å². The third kappa shape index (κ3) is 1.50. The van der Waals surface area contributed by atoms with Crippen LogP contribution in [0.3, 0.4) is 0 Å². The predicted molar refractivity (Wildman–Crippen MR) is 33.7 cm³/mol. The molecule has 0 aliphatic carbocycles. The fourth-order valence-corrected chi connectivity index (χ4v) is 0.735. The second-order valence-electron chi connectivity index (χ2n) is 2.17. The summed E-state index contributed by atoms with van der Waals surface area (Å²) in [5, 5.41) is 26.0. The molecule has 1 aliphatic heterocycles. The summed E-state index contributed by atoms with van der Waals surface area (Å²) in [6.07, 6.45) is -1.03. The molecule has 1 aliphatic rings.